The average molecular weight is 346 g/mol. The number of hydrogen-bond acceptors (Lipinski definition) is 3. The average Bonchev–Trinajstić information content (AvgIpc) is 2.48. The van der Waals surface area contributed by atoms with Crippen molar-refractivity contribution in [2.75, 3.05) is 18.1 Å². The fourth-order valence-corrected chi connectivity index (χ4v) is 3.93. The number of carbonyl (C=O) groups is 1. The summed E-state index contributed by atoms with van der Waals surface area (Å²) in [5.74, 6) is -2.56. The van der Waals surface area contributed by atoms with Gasteiger partial charge >= 0.3 is 0 Å². The summed E-state index contributed by atoms with van der Waals surface area (Å²) in [4.78, 5) is 12.1. The molecular weight excluding hydrogens is 326 g/mol. The maximum Gasteiger partial charge on any atom is 0.239 e. The topological polar surface area (TPSA) is 66.5 Å². The van der Waals surface area contributed by atoms with Crippen LogP contribution >= 0.6 is 0 Å². The van der Waals surface area contributed by atoms with E-state index >= 15 is 0 Å². The molecule has 0 aliphatic heterocycles. The Morgan fingerprint density at radius 3 is 2.30 bits per heavy atom. The quantitative estimate of drug-likeness (QED) is 0.891. The molecule has 0 atom stereocenters. The fraction of sp³-hybridized carbons (Fsp3) is 0.533. The van der Waals surface area contributed by atoms with Gasteiger partial charge in [0.2, 0.25) is 15.9 Å². The van der Waals surface area contributed by atoms with Crippen LogP contribution in [-0.4, -0.2) is 37.5 Å². The highest BCUT2D eigenvalue weighted by molar-refractivity contribution is 7.88. The second kappa shape index (κ2) is 7.35. The van der Waals surface area contributed by atoms with Gasteiger partial charge in [0.15, 0.2) is 0 Å². The van der Waals surface area contributed by atoms with Crippen molar-refractivity contribution in [3.8, 4) is 0 Å². The molecule has 1 aliphatic carbocycles. The van der Waals surface area contributed by atoms with Gasteiger partial charge < -0.3 is 5.32 Å². The van der Waals surface area contributed by atoms with Crippen LogP contribution in [0.1, 0.15) is 32.1 Å². The highest BCUT2D eigenvalue weighted by Crippen LogP contribution is 2.24. The number of halogens is 2. The number of benzene rings is 1. The zero-order chi connectivity index (χ0) is 17.0. The van der Waals surface area contributed by atoms with E-state index in [0.717, 1.165) is 42.0 Å². The van der Waals surface area contributed by atoms with Crippen LogP contribution < -0.4 is 5.32 Å². The lowest BCUT2D eigenvalue weighted by atomic mass is 9.95. The van der Waals surface area contributed by atoms with Gasteiger partial charge in [-0.1, -0.05) is 25.3 Å². The van der Waals surface area contributed by atoms with Crippen LogP contribution in [-0.2, 0) is 14.8 Å². The predicted molar refractivity (Wildman–Crippen MR) is 83.4 cm³/mol. The summed E-state index contributed by atoms with van der Waals surface area (Å²) < 4.78 is 52.1. The molecule has 2 rings (SSSR count). The lowest BCUT2D eigenvalue weighted by Crippen LogP contribution is -2.45. The summed E-state index contributed by atoms with van der Waals surface area (Å²) in [6.45, 7) is -0.447. The largest absolute Gasteiger partial charge is 0.320 e. The first-order valence-electron chi connectivity index (χ1n) is 7.49. The van der Waals surface area contributed by atoms with E-state index in [1.165, 1.54) is 6.07 Å². The van der Waals surface area contributed by atoms with Gasteiger partial charge in [0.25, 0.3) is 0 Å². The van der Waals surface area contributed by atoms with Crippen molar-refractivity contribution in [3.05, 3.63) is 29.8 Å². The summed E-state index contributed by atoms with van der Waals surface area (Å²) in [5.41, 5.74) is -0.561. The molecule has 0 heterocycles. The third kappa shape index (κ3) is 4.71. The second-order valence-corrected chi connectivity index (χ2v) is 7.68. The standard InChI is InChI=1S/C15H20F2N2O3S/c1-23(21,22)19(11-6-3-2-4-7-11)10-14(20)18-15-12(16)8-5-9-13(15)17/h5,8-9,11H,2-4,6-7,10H2,1H3,(H,18,20). The molecule has 0 bridgehead atoms. The Bertz CT molecular complexity index is 653. The van der Waals surface area contributed by atoms with Crippen LogP contribution in [0, 0.1) is 11.6 Å². The van der Waals surface area contributed by atoms with E-state index in [-0.39, 0.29) is 6.04 Å². The van der Waals surface area contributed by atoms with Gasteiger partial charge in [0.1, 0.15) is 17.3 Å². The van der Waals surface area contributed by atoms with Crippen molar-refractivity contribution in [1.82, 2.24) is 4.31 Å². The first-order chi connectivity index (χ1) is 10.8. The zero-order valence-electron chi connectivity index (χ0n) is 12.9. The first kappa shape index (κ1) is 17.8. The third-order valence-corrected chi connectivity index (χ3v) is 5.21. The van der Waals surface area contributed by atoms with Crippen molar-refractivity contribution < 1.29 is 22.0 Å². The Kier molecular flexibility index (Phi) is 5.69. The number of para-hydroxylation sites is 1. The Morgan fingerprint density at radius 2 is 1.78 bits per heavy atom. The molecule has 0 radical (unpaired) electrons. The first-order valence-corrected chi connectivity index (χ1v) is 9.34. The predicted octanol–water partition coefficient (Wildman–Crippen LogP) is 2.50. The molecule has 1 aromatic rings. The minimum Gasteiger partial charge on any atom is -0.320 e. The summed E-state index contributed by atoms with van der Waals surface area (Å²) in [5, 5.41) is 2.13. The van der Waals surface area contributed by atoms with E-state index in [1.54, 1.807) is 0 Å². The SMILES string of the molecule is CS(=O)(=O)N(CC(=O)Nc1c(F)cccc1F)C1CCCCC1. The molecule has 5 nitrogen and oxygen atoms in total. The van der Waals surface area contributed by atoms with Crippen LogP contribution in [0.4, 0.5) is 14.5 Å². The van der Waals surface area contributed by atoms with E-state index in [2.05, 4.69) is 5.32 Å². The summed E-state index contributed by atoms with van der Waals surface area (Å²) in [7, 11) is -3.59. The van der Waals surface area contributed by atoms with Crippen molar-refractivity contribution in [2.24, 2.45) is 0 Å². The minimum atomic E-state index is -3.59. The Balaban J connectivity index is 2.11. The van der Waals surface area contributed by atoms with E-state index in [9.17, 15) is 22.0 Å². The lowest BCUT2D eigenvalue weighted by Gasteiger charge is -2.31. The maximum absolute atomic E-state index is 13.6. The monoisotopic (exact) mass is 346 g/mol. The van der Waals surface area contributed by atoms with Gasteiger partial charge in [-0.05, 0) is 25.0 Å². The van der Waals surface area contributed by atoms with Gasteiger partial charge in [-0.2, -0.15) is 4.31 Å². The van der Waals surface area contributed by atoms with Crippen LogP contribution in [0.3, 0.4) is 0 Å². The normalized spacial score (nSPS) is 16.5. The lowest BCUT2D eigenvalue weighted by molar-refractivity contribution is -0.116. The molecule has 1 aromatic carbocycles. The molecule has 0 spiro atoms. The van der Waals surface area contributed by atoms with Gasteiger partial charge in [0.05, 0.1) is 12.8 Å². The number of carbonyl (C=O) groups excluding carboxylic acids is 1. The summed E-state index contributed by atoms with van der Waals surface area (Å²) in [6.07, 6.45) is 5.27. The van der Waals surface area contributed by atoms with E-state index < -0.39 is 39.8 Å². The Morgan fingerprint density at radius 1 is 1.22 bits per heavy atom. The number of rotatable bonds is 5. The van der Waals surface area contributed by atoms with Crippen LogP contribution in [0.15, 0.2) is 18.2 Å². The summed E-state index contributed by atoms with van der Waals surface area (Å²) in [6, 6.07) is 2.99. The number of hydrogen-bond donors (Lipinski definition) is 1. The molecule has 0 aromatic heterocycles. The number of nitrogens with zero attached hydrogens (tertiary/aromatic N) is 1. The van der Waals surface area contributed by atoms with Crippen molar-refractivity contribution in [3.63, 3.8) is 0 Å². The zero-order valence-corrected chi connectivity index (χ0v) is 13.7. The number of sulfonamides is 1. The summed E-state index contributed by atoms with van der Waals surface area (Å²) >= 11 is 0. The van der Waals surface area contributed by atoms with Crippen LogP contribution in [0.25, 0.3) is 0 Å². The molecule has 0 unspecified atom stereocenters. The molecule has 23 heavy (non-hydrogen) atoms. The molecule has 1 N–H and O–H groups in total. The van der Waals surface area contributed by atoms with E-state index in [0.29, 0.717) is 12.8 Å². The van der Waals surface area contributed by atoms with E-state index in [4.69, 9.17) is 0 Å². The van der Waals surface area contributed by atoms with Gasteiger partial charge in [-0.15, -0.1) is 0 Å². The third-order valence-electron chi connectivity index (χ3n) is 3.93. The molecule has 1 fully saturated rings. The minimum absolute atomic E-state index is 0.241. The second-order valence-electron chi connectivity index (χ2n) is 5.74. The van der Waals surface area contributed by atoms with E-state index in [1.807, 2.05) is 0 Å². The molecule has 128 valence electrons. The smallest absolute Gasteiger partial charge is 0.239 e. The Hall–Kier alpha value is -1.54. The molecule has 0 saturated heterocycles. The fourth-order valence-electron chi connectivity index (χ4n) is 2.82. The van der Waals surface area contributed by atoms with Crippen molar-refractivity contribution in [2.45, 2.75) is 38.1 Å². The van der Waals surface area contributed by atoms with Gasteiger partial charge in [-0.25, -0.2) is 17.2 Å². The molecular formula is C15H20F2N2O3S. The van der Waals surface area contributed by atoms with Gasteiger partial charge in [0, 0.05) is 6.04 Å². The highest BCUT2D eigenvalue weighted by Gasteiger charge is 2.30. The number of amides is 1. The van der Waals surface area contributed by atoms with Gasteiger partial charge in [-0.3, -0.25) is 4.79 Å². The molecule has 1 saturated carbocycles. The molecule has 8 heteroatoms. The molecule has 1 amide bonds. The molecule has 1 aliphatic rings. The number of nitrogens with one attached hydrogen (secondary N) is 1. The highest BCUT2D eigenvalue weighted by atomic mass is 32.2. The number of anilines is 1. The van der Waals surface area contributed by atoms with Crippen LogP contribution in [0.5, 0.6) is 0 Å². The maximum atomic E-state index is 13.6. The Labute approximate surface area is 134 Å². The van der Waals surface area contributed by atoms with Crippen LogP contribution in [0.2, 0.25) is 0 Å². The van der Waals surface area contributed by atoms with Crippen molar-refractivity contribution in [1.29, 1.82) is 0 Å². The van der Waals surface area contributed by atoms with Crippen molar-refractivity contribution >= 4 is 21.6 Å².